The molecule has 1 aromatic heterocycles. The quantitative estimate of drug-likeness (QED) is 0.380. The number of halogens is 1. The molecule has 4 fully saturated rings. The van der Waals surface area contributed by atoms with E-state index in [1.165, 1.54) is 11.3 Å². The van der Waals surface area contributed by atoms with Gasteiger partial charge in [0.1, 0.15) is 6.04 Å². The van der Waals surface area contributed by atoms with Gasteiger partial charge in [0.2, 0.25) is 17.6 Å². The fourth-order valence-electron chi connectivity index (χ4n) is 5.83. The van der Waals surface area contributed by atoms with Crippen LogP contribution in [0.3, 0.4) is 0 Å². The fraction of sp³-hybridized carbons (Fsp3) is 0.517. The number of nitrogens with zero attached hydrogens (tertiary/aromatic N) is 2. The van der Waals surface area contributed by atoms with Gasteiger partial charge in [-0.3, -0.25) is 24.0 Å². The summed E-state index contributed by atoms with van der Waals surface area (Å²) in [5, 5.41) is 10.8. The Kier molecular flexibility index (Phi) is 7.58. The first-order chi connectivity index (χ1) is 19.7. The minimum Gasteiger partial charge on any atom is -0.356 e. The van der Waals surface area contributed by atoms with Gasteiger partial charge < -0.3 is 20.9 Å². The lowest BCUT2D eigenvalue weighted by Crippen LogP contribution is -2.58. The molecule has 2 aromatic rings. The smallest absolute Gasteiger partial charge is 0.289 e. The lowest BCUT2D eigenvalue weighted by atomic mass is 9.87. The van der Waals surface area contributed by atoms with E-state index in [1.54, 1.807) is 16.3 Å². The van der Waals surface area contributed by atoms with Crippen molar-refractivity contribution in [2.45, 2.75) is 69.5 Å². The van der Waals surface area contributed by atoms with Crippen LogP contribution in [0.5, 0.6) is 0 Å². The van der Waals surface area contributed by atoms with Crippen LogP contribution in [-0.4, -0.2) is 70.5 Å². The minimum atomic E-state index is -1.16. The normalized spacial score (nSPS) is 23.5. The van der Waals surface area contributed by atoms with E-state index in [4.69, 9.17) is 11.6 Å². The van der Waals surface area contributed by atoms with Crippen LogP contribution in [0.2, 0.25) is 5.02 Å². The maximum atomic E-state index is 13.8. The van der Waals surface area contributed by atoms with Crippen LogP contribution >= 0.6 is 22.9 Å². The molecule has 0 radical (unpaired) electrons. The summed E-state index contributed by atoms with van der Waals surface area (Å²) in [7, 11) is 0. The first kappa shape index (κ1) is 27.8. The van der Waals surface area contributed by atoms with Crippen molar-refractivity contribution >= 4 is 52.3 Å². The van der Waals surface area contributed by atoms with E-state index in [9.17, 15) is 24.0 Å². The van der Waals surface area contributed by atoms with Gasteiger partial charge in [-0.25, -0.2) is 4.98 Å². The van der Waals surface area contributed by atoms with Crippen LogP contribution in [0, 0.1) is 11.3 Å². The van der Waals surface area contributed by atoms with Gasteiger partial charge >= 0.3 is 0 Å². The van der Waals surface area contributed by atoms with Gasteiger partial charge in [-0.1, -0.05) is 29.8 Å². The number of likely N-dealkylation sites (tertiary alicyclic amines) is 1. The molecule has 41 heavy (non-hydrogen) atoms. The van der Waals surface area contributed by atoms with Crippen molar-refractivity contribution in [2.24, 2.45) is 11.3 Å². The van der Waals surface area contributed by atoms with Gasteiger partial charge in [0.05, 0.1) is 11.7 Å². The molecule has 0 bridgehead atoms. The van der Waals surface area contributed by atoms with Gasteiger partial charge in [0, 0.05) is 41.0 Å². The monoisotopic (exact) mass is 597 g/mol. The highest BCUT2D eigenvalue weighted by Gasteiger charge is 2.52. The molecule has 2 saturated carbocycles. The minimum absolute atomic E-state index is 0.0125. The maximum absolute atomic E-state index is 13.8. The number of ketones is 1. The van der Waals surface area contributed by atoms with Gasteiger partial charge in [-0.15, -0.1) is 11.3 Å². The molecular formula is C29H32ClN5O5S. The van der Waals surface area contributed by atoms with Crippen LogP contribution in [0.1, 0.15) is 61.2 Å². The first-order valence-corrected chi connectivity index (χ1v) is 15.4. The van der Waals surface area contributed by atoms with E-state index >= 15 is 0 Å². The Morgan fingerprint density at radius 2 is 1.93 bits per heavy atom. The molecule has 3 heterocycles. The number of amides is 4. The molecule has 12 heteroatoms. The molecular weight excluding hydrogens is 566 g/mol. The first-order valence-electron chi connectivity index (χ1n) is 14.2. The number of carbonyl (C=O) groups excluding carboxylic acids is 5. The predicted molar refractivity (Wildman–Crippen MR) is 152 cm³/mol. The summed E-state index contributed by atoms with van der Waals surface area (Å²) in [6, 6.07) is 5.27. The van der Waals surface area contributed by atoms with Crippen molar-refractivity contribution in [3.63, 3.8) is 0 Å². The topological polar surface area (TPSA) is 138 Å². The summed E-state index contributed by atoms with van der Waals surface area (Å²) in [6.45, 7) is 0.883. The van der Waals surface area contributed by atoms with Crippen molar-refractivity contribution < 1.29 is 24.0 Å². The van der Waals surface area contributed by atoms with Crippen LogP contribution < -0.4 is 16.0 Å². The highest BCUT2D eigenvalue weighted by atomic mass is 35.5. The summed E-state index contributed by atoms with van der Waals surface area (Å²) in [6.07, 6.45) is 5.44. The zero-order valence-electron chi connectivity index (χ0n) is 22.5. The van der Waals surface area contributed by atoms with Crippen LogP contribution in [0.15, 0.2) is 29.6 Å². The number of piperidine rings is 1. The molecule has 6 rings (SSSR count). The molecule has 3 N–H and O–H groups in total. The number of carbonyl (C=O) groups is 5. The third-order valence-corrected chi connectivity index (χ3v) is 9.86. The second-order valence-electron chi connectivity index (χ2n) is 11.7. The molecule has 2 aliphatic heterocycles. The Bertz CT molecular complexity index is 1400. The molecule has 1 spiro atoms. The standard InChI is InChI=1S/C29H32ClN5O5S/c30-19-4-2-1-3-18(19)21-15-41-27(34-21)28(40)35-12-10-29(8-9-29)14-22(35)25(38)33-20(13-16-7-11-31-24(16)37)23(36)26(39)32-17-5-6-17/h1-4,15-17,20,22H,5-14H2,(H,31,37)(H,32,39)(H,33,38). The largest absolute Gasteiger partial charge is 0.356 e. The van der Waals surface area contributed by atoms with Crippen LogP contribution in [-0.2, 0) is 19.2 Å². The molecule has 3 atom stereocenters. The van der Waals surface area contributed by atoms with Crippen molar-refractivity contribution in [3.05, 3.63) is 39.7 Å². The lowest BCUT2D eigenvalue weighted by molar-refractivity contribution is -0.141. The lowest BCUT2D eigenvalue weighted by Gasteiger charge is -2.39. The molecule has 2 aliphatic carbocycles. The predicted octanol–water partition coefficient (Wildman–Crippen LogP) is 2.71. The number of Topliss-reactive ketones (excluding diaryl/α,β-unsaturated/α-hetero) is 1. The second kappa shape index (κ2) is 11.2. The van der Waals surface area contributed by atoms with Crippen LogP contribution in [0.4, 0.5) is 0 Å². The number of nitrogens with one attached hydrogen (secondary N) is 3. The Hall–Kier alpha value is -3.31. The average Bonchev–Trinajstić information content (AvgIpc) is 3.84. The van der Waals surface area contributed by atoms with Gasteiger partial charge in [0.15, 0.2) is 5.01 Å². The van der Waals surface area contributed by atoms with E-state index in [-0.39, 0.29) is 34.7 Å². The Morgan fingerprint density at radius 1 is 1.15 bits per heavy atom. The van der Waals surface area contributed by atoms with Crippen LogP contribution in [0.25, 0.3) is 11.3 Å². The van der Waals surface area contributed by atoms with Crippen molar-refractivity contribution in [1.82, 2.24) is 25.8 Å². The SMILES string of the molecule is O=C(NC1CC1)C(=O)C(CC1CCNC1=O)NC(=O)C1CC2(CCN1C(=O)c1nc(-c3ccccc3Cl)cs1)CC2. The molecule has 3 unspecified atom stereocenters. The number of hydrogen-bond acceptors (Lipinski definition) is 7. The number of hydrogen-bond donors (Lipinski definition) is 3. The number of benzene rings is 1. The van der Waals surface area contributed by atoms with Crippen molar-refractivity contribution in [1.29, 1.82) is 0 Å². The zero-order valence-corrected chi connectivity index (χ0v) is 24.1. The van der Waals surface area contributed by atoms with Crippen molar-refractivity contribution in [2.75, 3.05) is 13.1 Å². The number of aromatic nitrogens is 1. The molecule has 4 amide bonds. The van der Waals surface area contributed by atoms with E-state index < -0.39 is 35.6 Å². The molecule has 4 aliphatic rings. The zero-order chi connectivity index (χ0) is 28.7. The van der Waals surface area contributed by atoms with E-state index in [0.717, 1.165) is 37.7 Å². The van der Waals surface area contributed by atoms with Gasteiger partial charge in [0.25, 0.3) is 11.8 Å². The Labute approximate surface area is 246 Å². The molecule has 10 nitrogen and oxygen atoms in total. The molecule has 216 valence electrons. The summed E-state index contributed by atoms with van der Waals surface area (Å²) in [5.41, 5.74) is 1.32. The maximum Gasteiger partial charge on any atom is 0.289 e. The highest BCUT2D eigenvalue weighted by molar-refractivity contribution is 7.12. The highest BCUT2D eigenvalue weighted by Crippen LogP contribution is 2.55. The number of thiazole rings is 1. The van der Waals surface area contributed by atoms with E-state index in [2.05, 4.69) is 20.9 Å². The second-order valence-corrected chi connectivity index (χ2v) is 12.9. The summed E-state index contributed by atoms with van der Waals surface area (Å²) >= 11 is 7.53. The molecule has 1 aromatic carbocycles. The van der Waals surface area contributed by atoms with Gasteiger partial charge in [-0.05, 0) is 62.8 Å². The van der Waals surface area contributed by atoms with E-state index in [1.807, 2.05) is 18.2 Å². The number of rotatable bonds is 9. The summed E-state index contributed by atoms with van der Waals surface area (Å²) < 4.78 is 0. The Balaban J connectivity index is 1.21. The third-order valence-electron chi connectivity index (χ3n) is 8.70. The van der Waals surface area contributed by atoms with Crippen molar-refractivity contribution in [3.8, 4) is 11.3 Å². The molecule has 2 saturated heterocycles. The summed E-state index contributed by atoms with van der Waals surface area (Å²) in [5.74, 6) is -3.01. The Morgan fingerprint density at radius 3 is 2.61 bits per heavy atom. The van der Waals surface area contributed by atoms with Gasteiger partial charge in [-0.2, -0.15) is 0 Å². The summed E-state index contributed by atoms with van der Waals surface area (Å²) in [4.78, 5) is 71.8. The fourth-order valence-corrected chi connectivity index (χ4v) is 6.83. The third kappa shape index (κ3) is 6.01. The van der Waals surface area contributed by atoms with E-state index in [0.29, 0.717) is 36.6 Å². The average molecular weight is 598 g/mol.